The quantitative estimate of drug-likeness (QED) is 0.878. The third-order valence-electron chi connectivity index (χ3n) is 4.02. The lowest BCUT2D eigenvalue weighted by Crippen LogP contribution is -2.41. The molecule has 0 saturated carbocycles. The first kappa shape index (κ1) is 16.3. The Bertz CT molecular complexity index is 679. The fourth-order valence-corrected chi connectivity index (χ4v) is 3.34. The zero-order valence-electron chi connectivity index (χ0n) is 13.1. The first-order valence-corrected chi connectivity index (χ1v) is 8.62. The minimum atomic E-state index is -0.219. The second-order valence-electron chi connectivity index (χ2n) is 5.99. The first-order valence-electron chi connectivity index (χ1n) is 7.82. The molecule has 0 spiro atoms. The monoisotopic (exact) mass is 378 g/mol. The lowest BCUT2D eigenvalue weighted by molar-refractivity contribution is 0.208. The zero-order chi connectivity index (χ0) is 16.2. The molecule has 1 saturated heterocycles. The van der Waals surface area contributed by atoms with Gasteiger partial charge in [-0.05, 0) is 66.0 Å². The molecule has 1 aliphatic rings. The zero-order valence-corrected chi connectivity index (χ0v) is 14.7. The smallest absolute Gasteiger partial charge is 0.223 e. The average Bonchev–Trinajstić information content (AvgIpc) is 2.51. The van der Waals surface area contributed by atoms with Gasteiger partial charge in [-0.3, -0.25) is 4.90 Å². The second-order valence-corrected chi connectivity index (χ2v) is 6.84. The van der Waals surface area contributed by atoms with Crippen LogP contribution >= 0.6 is 15.9 Å². The molecule has 2 aromatic rings. The lowest BCUT2D eigenvalue weighted by Gasteiger charge is -2.33. The summed E-state index contributed by atoms with van der Waals surface area (Å²) in [6.07, 6.45) is 4.02. The Hall–Kier alpha value is -1.53. The van der Waals surface area contributed by atoms with Crippen LogP contribution in [-0.2, 0) is 6.54 Å². The van der Waals surface area contributed by atoms with E-state index in [1.165, 1.54) is 6.07 Å². The Kier molecular flexibility index (Phi) is 5.23. The number of halogens is 2. The highest BCUT2D eigenvalue weighted by Crippen LogP contribution is 2.20. The minimum Gasteiger partial charge on any atom is -0.350 e. The van der Waals surface area contributed by atoms with Crippen molar-refractivity contribution in [2.24, 2.45) is 0 Å². The number of hydrogen-bond donors (Lipinski definition) is 1. The van der Waals surface area contributed by atoms with Gasteiger partial charge in [0, 0.05) is 31.0 Å². The number of aromatic nitrogens is 2. The summed E-state index contributed by atoms with van der Waals surface area (Å²) in [5.41, 5.74) is 2.08. The van der Waals surface area contributed by atoms with E-state index in [1.807, 2.05) is 25.1 Å². The summed E-state index contributed by atoms with van der Waals surface area (Å²) in [6, 6.07) is 7.45. The summed E-state index contributed by atoms with van der Waals surface area (Å²) >= 11 is 3.25. The Morgan fingerprint density at radius 2 is 2.26 bits per heavy atom. The van der Waals surface area contributed by atoms with Gasteiger partial charge in [0.25, 0.3) is 0 Å². The molecule has 4 nitrogen and oxygen atoms in total. The molecule has 0 radical (unpaired) electrons. The molecule has 1 aromatic carbocycles. The molecular formula is C17H20BrFN4. The van der Waals surface area contributed by atoms with E-state index in [0.29, 0.717) is 16.5 Å². The van der Waals surface area contributed by atoms with E-state index in [2.05, 4.69) is 36.1 Å². The topological polar surface area (TPSA) is 41.1 Å². The molecule has 1 aliphatic heterocycles. The summed E-state index contributed by atoms with van der Waals surface area (Å²) in [5.74, 6) is 0.477. The third kappa shape index (κ3) is 4.48. The van der Waals surface area contributed by atoms with E-state index in [-0.39, 0.29) is 5.82 Å². The molecule has 0 aliphatic carbocycles. The Morgan fingerprint density at radius 1 is 1.39 bits per heavy atom. The van der Waals surface area contributed by atoms with Crippen molar-refractivity contribution in [1.82, 2.24) is 14.9 Å². The molecule has 1 atom stereocenters. The maximum Gasteiger partial charge on any atom is 0.223 e. The number of rotatable bonds is 4. The van der Waals surface area contributed by atoms with Gasteiger partial charge in [0.1, 0.15) is 5.82 Å². The van der Waals surface area contributed by atoms with Crippen molar-refractivity contribution in [2.45, 2.75) is 32.4 Å². The van der Waals surface area contributed by atoms with Gasteiger partial charge in [-0.2, -0.15) is 0 Å². The SMILES string of the molecule is Cc1ccnc(NC2CCCN(Cc3ccc(F)c(Br)c3)C2)n1. The Balaban J connectivity index is 1.60. The third-order valence-corrected chi connectivity index (χ3v) is 4.63. The van der Waals surface area contributed by atoms with E-state index >= 15 is 0 Å². The largest absolute Gasteiger partial charge is 0.350 e. The number of piperidine rings is 1. The van der Waals surface area contributed by atoms with Gasteiger partial charge in [-0.1, -0.05) is 6.07 Å². The van der Waals surface area contributed by atoms with Crippen LogP contribution in [0.15, 0.2) is 34.9 Å². The van der Waals surface area contributed by atoms with Crippen LogP contribution in [-0.4, -0.2) is 34.0 Å². The standard InChI is InChI=1S/C17H20BrFN4/c1-12-6-7-20-17(21-12)22-14-3-2-8-23(11-14)10-13-4-5-16(19)15(18)9-13/h4-7,9,14H,2-3,8,10-11H2,1H3,(H,20,21,22). The fraction of sp³-hybridized carbons (Fsp3) is 0.412. The summed E-state index contributed by atoms with van der Waals surface area (Å²) in [5, 5.41) is 3.42. The van der Waals surface area contributed by atoms with E-state index in [0.717, 1.165) is 43.7 Å². The summed E-state index contributed by atoms with van der Waals surface area (Å²) in [7, 11) is 0. The van der Waals surface area contributed by atoms with Gasteiger partial charge in [-0.25, -0.2) is 14.4 Å². The molecule has 1 unspecified atom stereocenters. The first-order chi connectivity index (χ1) is 11.1. The predicted octanol–water partition coefficient (Wildman–Crippen LogP) is 3.76. The number of nitrogens with one attached hydrogen (secondary N) is 1. The molecule has 0 amide bonds. The highest BCUT2D eigenvalue weighted by atomic mass is 79.9. The van der Waals surface area contributed by atoms with E-state index in [4.69, 9.17) is 0 Å². The van der Waals surface area contributed by atoms with Crippen LogP contribution < -0.4 is 5.32 Å². The molecule has 3 rings (SSSR count). The van der Waals surface area contributed by atoms with E-state index < -0.39 is 0 Å². The van der Waals surface area contributed by atoms with Gasteiger partial charge >= 0.3 is 0 Å². The minimum absolute atomic E-state index is 0.219. The number of benzene rings is 1. The van der Waals surface area contributed by atoms with Crippen molar-refractivity contribution in [2.75, 3.05) is 18.4 Å². The molecule has 122 valence electrons. The molecule has 1 N–H and O–H groups in total. The van der Waals surface area contributed by atoms with Crippen molar-refractivity contribution >= 4 is 21.9 Å². The summed E-state index contributed by atoms with van der Waals surface area (Å²) in [6.45, 7) is 4.78. The molecule has 1 fully saturated rings. The number of nitrogens with zero attached hydrogens (tertiary/aromatic N) is 3. The van der Waals surface area contributed by atoms with Crippen molar-refractivity contribution in [3.8, 4) is 0 Å². The number of aryl methyl sites for hydroxylation is 1. The van der Waals surface area contributed by atoms with Crippen LogP contribution in [0.4, 0.5) is 10.3 Å². The molecule has 2 heterocycles. The normalized spacial score (nSPS) is 18.8. The van der Waals surface area contributed by atoms with Crippen molar-refractivity contribution in [3.05, 3.63) is 52.0 Å². The van der Waals surface area contributed by atoms with Crippen LogP contribution in [0, 0.1) is 12.7 Å². The molecule has 1 aromatic heterocycles. The fourth-order valence-electron chi connectivity index (χ4n) is 2.91. The van der Waals surface area contributed by atoms with Crippen LogP contribution in [0.5, 0.6) is 0 Å². The maximum absolute atomic E-state index is 13.3. The number of hydrogen-bond acceptors (Lipinski definition) is 4. The Morgan fingerprint density at radius 3 is 3.04 bits per heavy atom. The molecule has 6 heteroatoms. The van der Waals surface area contributed by atoms with Gasteiger partial charge in [0.2, 0.25) is 5.95 Å². The van der Waals surface area contributed by atoms with Crippen molar-refractivity contribution in [3.63, 3.8) is 0 Å². The summed E-state index contributed by atoms with van der Waals surface area (Å²) in [4.78, 5) is 11.1. The predicted molar refractivity (Wildman–Crippen MR) is 92.8 cm³/mol. The highest BCUT2D eigenvalue weighted by Gasteiger charge is 2.20. The second kappa shape index (κ2) is 7.36. The van der Waals surface area contributed by atoms with Crippen molar-refractivity contribution in [1.29, 1.82) is 0 Å². The van der Waals surface area contributed by atoms with Crippen LogP contribution in [0.3, 0.4) is 0 Å². The van der Waals surface area contributed by atoms with Gasteiger partial charge < -0.3 is 5.32 Å². The van der Waals surface area contributed by atoms with Crippen LogP contribution in [0.1, 0.15) is 24.1 Å². The molecule has 23 heavy (non-hydrogen) atoms. The maximum atomic E-state index is 13.3. The lowest BCUT2D eigenvalue weighted by atomic mass is 10.0. The van der Waals surface area contributed by atoms with Crippen LogP contribution in [0.25, 0.3) is 0 Å². The van der Waals surface area contributed by atoms with E-state index in [1.54, 1.807) is 6.20 Å². The van der Waals surface area contributed by atoms with Gasteiger partial charge in [-0.15, -0.1) is 0 Å². The highest BCUT2D eigenvalue weighted by molar-refractivity contribution is 9.10. The number of likely N-dealkylation sites (tertiary alicyclic amines) is 1. The molecular weight excluding hydrogens is 359 g/mol. The molecule has 0 bridgehead atoms. The van der Waals surface area contributed by atoms with Crippen molar-refractivity contribution < 1.29 is 4.39 Å². The Labute approximate surface area is 144 Å². The summed E-state index contributed by atoms with van der Waals surface area (Å²) < 4.78 is 13.9. The average molecular weight is 379 g/mol. The van der Waals surface area contributed by atoms with Gasteiger partial charge in [0.05, 0.1) is 4.47 Å². The van der Waals surface area contributed by atoms with Gasteiger partial charge in [0.15, 0.2) is 0 Å². The van der Waals surface area contributed by atoms with E-state index in [9.17, 15) is 4.39 Å². The van der Waals surface area contributed by atoms with Crippen LogP contribution in [0.2, 0.25) is 0 Å². The number of anilines is 1.